The van der Waals surface area contributed by atoms with Crippen molar-refractivity contribution in [1.29, 1.82) is 0 Å². The van der Waals surface area contributed by atoms with Crippen LogP contribution in [0.25, 0.3) is 11.1 Å². The molecule has 0 atom stereocenters. The summed E-state index contributed by atoms with van der Waals surface area (Å²) in [6.45, 7) is 0. The highest BCUT2D eigenvalue weighted by atomic mass is 16.4. The van der Waals surface area contributed by atoms with E-state index in [1.54, 1.807) is 0 Å². The maximum atomic E-state index is 11.5. The van der Waals surface area contributed by atoms with E-state index in [1.807, 2.05) is 48.5 Å². The Morgan fingerprint density at radius 1 is 0.818 bits per heavy atom. The molecule has 112 valence electrons. The van der Waals surface area contributed by atoms with E-state index in [0.717, 1.165) is 22.3 Å². The first kappa shape index (κ1) is 14.3. The van der Waals surface area contributed by atoms with Crippen LogP contribution in [0.3, 0.4) is 0 Å². The highest BCUT2D eigenvalue weighted by Gasteiger charge is 2.44. The molecule has 2 aromatic carbocycles. The molecule has 22 heavy (non-hydrogen) atoms. The zero-order chi connectivity index (χ0) is 15.7. The van der Waals surface area contributed by atoms with Crippen LogP contribution >= 0.6 is 0 Å². The summed E-state index contributed by atoms with van der Waals surface area (Å²) in [6.07, 6.45) is 0.118. The molecule has 0 heterocycles. The van der Waals surface area contributed by atoms with E-state index < -0.39 is 17.4 Å². The Bertz CT molecular complexity index is 703. The lowest BCUT2D eigenvalue weighted by molar-refractivity contribution is -0.140. The molecule has 1 aliphatic rings. The topological polar surface area (TPSA) is 74.6 Å². The summed E-state index contributed by atoms with van der Waals surface area (Å²) in [6, 6.07) is 15.4. The molecular formula is C18H16O4. The largest absolute Gasteiger partial charge is 0.481 e. The molecule has 0 aliphatic heterocycles. The lowest BCUT2D eigenvalue weighted by Crippen LogP contribution is -2.29. The zero-order valence-corrected chi connectivity index (χ0v) is 12.0. The molecule has 0 aromatic heterocycles. The molecule has 4 heteroatoms. The van der Waals surface area contributed by atoms with E-state index >= 15 is 0 Å². The third-order valence-electron chi connectivity index (χ3n) is 4.39. The molecule has 0 saturated carbocycles. The van der Waals surface area contributed by atoms with Crippen LogP contribution in [-0.2, 0) is 15.0 Å². The molecule has 0 fully saturated rings. The van der Waals surface area contributed by atoms with E-state index in [1.165, 1.54) is 0 Å². The van der Waals surface area contributed by atoms with Crippen molar-refractivity contribution in [2.24, 2.45) is 0 Å². The van der Waals surface area contributed by atoms with Gasteiger partial charge in [0.05, 0.1) is 6.42 Å². The van der Waals surface area contributed by atoms with Crippen LogP contribution in [0.2, 0.25) is 0 Å². The predicted octanol–water partition coefficient (Wildman–Crippen LogP) is 3.29. The van der Waals surface area contributed by atoms with Gasteiger partial charge < -0.3 is 10.2 Å². The van der Waals surface area contributed by atoms with Crippen molar-refractivity contribution in [3.8, 4) is 11.1 Å². The van der Waals surface area contributed by atoms with Crippen LogP contribution in [0.4, 0.5) is 0 Å². The number of rotatable bonds is 5. The number of hydrogen-bond acceptors (Lipinski definition) is 2. The zero-order valence-electron chi connectivity index (χ0n) is 12.0. The summed E-state index contributed by atoms with van der Waals surface area (Å²) in [5.74, 6) is -1.83. The Morgan fingerprint density at radius 2 is 1.32 bits per heavy atom. The van der Waals surface area contributed by atoms with Crippen LogP contribution in [0.15, 0.2) is 48.5 Å². The van der Waals surface area contributed by atoms with Gasteiger partial charge in [-0.3, -0.25) is 9.59 Å². The second kappa shape index (κ2) is 5.30. The minimum absolute atomic E-state index is 0.0596. The van der Waals surface area contributed by atoms with E-state index in [4.69, 9.17) is 5.11 Å². The third-order valence-corrected chi connectivity index (χ3v) is 4.39. The summed E-state index contributed by atoms with van der Waals surface area (Å²) in [4.78, 5) is 22.5. The number of benzene rings is 2. The van der Waals surface area contributed by atoms with Crippen LogP contribution in [0, 0.1) is 0 Å². The van der Waals surface area contributed by atoms with Gasteiger partial charge in [-0.25, -0.2) is 0 Å². The summed E-state index contributed by atoms with van der Waals surface area (Å²) >= 11 is 0. The summed E-state index contributed by atoms with van der Waals surface area (Å²) in [5, 5.41) is 18.5. The van der Waals surface area contributed by atoms with Crippen LogP contribution < -0.4 is 0 Å². The monoisotopic (exact) mass is 296 g/mol. The number of carboxylic acid groups (broad SMARTS) is 2. The van der Waals surface area contributed by atoms with Gasteiger partial charge in [-0.1, -0.05) is 48.5 Å². The Balaban J connectivity index is 2.22. The fraction of sp³-hybridized carbons (Fsp3) is 0.222. The van der Waals surface area contributed by atoms with Crippen molar-refractivity contribution < 1.29 is 19.8 Å². The van der Waals surface area contributed by atoms with E-state index in [2.05, 4.69) is 0 Å². The average Bonchev–Trinajstić information content (AvgIpc) is 2.77. The van der Waals surface area contributed by atoms with E-state index in [0.29, 0.717) is 0 Å². The second-order valence-electron chi connectivity index (χ2n) is 5.64. The van der Waals surface area contributed by atoms with Crippen LogP contribution in [-0.4, -0.2) is 22.2 Å². The van der Waals surface area contributed by atoms with Crippen molar-refractivity contribution in [2.75, 3.05) is 0 Å². The molecule has 3 rings (SSSR count). The maximum absolute atomic E-state index is 11.5. The summed E-state index contributed by atoms with van der Waals surface area (Å²) in [7, 11) is 0. The smallest absolute Gasteiger partial charge is 0.304 e. The van der Waals surface area contributed by atoms with E-state index in [-0.39, 0.29) is 19.3 Å². The fourth-order valence-electron chi connectivity index (χ4n) is 3.54. The molecular weight excluding hydrogens is 280 g/mol. The molecule has 0 unspecified atom stereocenters. The lowest BCUT2D eigenvalue weighted by atomic mass is 9.72. The Labute approximate surface area is 128 Å². The van der Waals surface area contributed by atoms with Gasteiger partial charge in [0, 0.05) is 11.8 Å². The SMILES string of the molecule is O=C(O)CCC1(CC(=O)O)c2ccccc2-c2ccccc21. The van der Waals surface area contributed by atoms with E-state index in [9.17, 15) is 14.7 Å². The molecule has 0 bridgehead atoms. The van der Waals surface area contributed by atoms with Gasteiger partial charge in [0.25, 0.3) is 0 Å². The number of fused-ring (bicyclic) bond motifs is 3. The van der Waals surface area contributed by atoms with Gasteiger partial charge in [0.2, 0.25) is 0 Å². The third kappa shape index (κ3) is 2.17. The van der Waals surface area contributed by atoms with Gasteiger partial charge in [-0.2, -0.15) is 0 Å². The number of carboxylic acids is 2. The van der Waals surface area contributed by atoms with Crippen molar-refractivity contribution in [1.82, 2.24) is 0 Å². The highest BCUT2D eigenvalue weighted by Crippen LogP contribution is 2.52. The van der Waals surface area contributed by atoms with Crippen molar-refractivity contribution in [3.63, 3.8) is 0 Å². The second-order valence-corrected chi connectivity index (χ2v) is 5.64. The Hall–Kier alpha value is -2.62. The van der Waals surface area contributed by atoms with Crippen molar-refractivity contribution in [2.45, 2.75) is 24.7 Å². The first-order chi connectivity index (χ1) is 10.5. The summed E-state index contributed by atoms with van der Waals surface area (Å²) < 4.78 is 0. The Morgan fingerprint density at radius 3 is 1.77 bits per heavy atom. The molecule has 0 saturated heterocycles. The van der Waals surface area contributed by atoms with Crippen LogP contribution in [0.5, 0.6) is 0 Å². The van der Waals surface area contributed by atoms with Gasteiger partial charge in [0.15, 0.2) is 0 Å². The molecule has 4 nitrogen and oxygen atoms in total. The molecule has 2 N–H and O–H groups in total. The number of aliphatic carboxylic acids is 2. The maximum Gasteiger partial charge on any atom is 0.304 e. The number of carbonyl (C=O) groups is 2. The first-order valence-corrected chi connectivity index (χ1v) is 7.17. The fourth-order valence-corrected chi connectivity index (χ4v) is 3.54. The molecule has 0 spiro atoms. The van der Waals surface area contributed by atoms with Crippen molar-refractivity contribution in [3.05, 3.63) is 59.7 Å². The average molecular weight is 296 g/mol. The number of hydrogen-bond donors (Lipinski definition) is 2. The predicted molar refractivity (Wildman–Crippen MR) is 81.8 cm³/mol. The summed E-state index contributed by atoms with van der Waals surface area (Å²) in [5.41, 5.74) is 3.08. The standard InChI is InChI=1S/C18H16O4/c19-16(20)9-10-18(11-17(21)22)14-7-3-1-5-12(14)13-6-2-4-8-15(13)18/h1-8H,9-11H2,(H,19,20)(H,21,22). The van der Waals surface area contributed by atoms with Crippen molar-refractivity contribution >= 4 is 11.9 Å². The van der Waals surface area contributed by atoms with Crippen LogP contribution in [0.1, 0.15) is 30.4 Å². The highest BCUT2D eigenvalue weighted by molar-refractivity contribution is 5.84. The minimum atomic E-state index is -0.920. The van der Waals surface area contributed by atoms with Gasteiger partial charge in [-0.05, 0) is 28.7 Å². The molecule has 0 amide bonds. The normalized spacial score (nSPS) is 14.2. The Kier molecular flexibility index (Phi) is 3.45. The quantitative estimate of drug-likeness (QED) is 0.887. The minimum Gasteiger partial charge on any atom is -0.481 e. The lowest BCUT2D eigenvalue weighted by Gasteiger charge is -2.30. The van der Waals surface area contributed by atoms with Gasteiger partial charge in [-0.15, -0.1) is 0 Å². The van der Waals surface area contributed by atoms with Gasteiger partial charge in [0.1, 0.15) is 0 Å². The first-order valence-electron chi connectivity index (χ1n) is 7.17. The molecule has 1 aliphatic carbocycles. The van der Waals surface area contributed by atoms with Gasteiger partial charge >= 0.3 is 11.9 Å². The molecule has 0 radical (unpaired) electrons. The molecule has 2 aromatic rings.